The Morgan fingerprint density at radius 1 is 1.37 bits per heavy atom. The molecule has 0 saturated carbocycles. The highest BCUT2D eigenvalue weighted by molar-refractivity contribution is 5.35. The van der Waals surface area contributed by atoms with Crippen molar-refractivity contribution in [3.8, 4) is 0 Å². The molecule has 1 aromatic heterocycles. The van der Waals surface area contributed by atoms with Crippen LogP contribution in [-0.2, 0) is 12.0 Å². The maximum absolute atomic E-state index is 5.81. The molecule has 0 saturated heterocycles. The number of fused-ring (bicyclic) bond motifs is 1. The van der Waals surface area contributed by atoms with Crippen LogP contribution in [-0.4, -0.2) is 16.3 Å². The van der Waals surface area contributed by atoms with Crippen molar-refractivity contribution in [2.24, 2.45) is 5.73 Å². The Bertz CT molecular complexity index is 438. The molecule has 0 radical (unpaired) electrons. The SMILES string of the molecule is CC(C)c1nn(C(C)(C)C)c2c1C(CCN)CCC2. The average molecular weight is 263 g/mol. The molecule has 2 N–H and O–H groups in total. The molecule has 2 rings (SSSR count). The Balaban J connectivity index is 2.55. The zero-order valence-corrected chi connectivity index (χ0v) is 13.2. The van der Waals surface area contributed by atoms with Gasteiger partial charge in [-0.25, -0.2) is 0 Å². The number of nitrogens with two attached hydrogens (primary N) is 1. The molecule has 0 fully saturated rings. The van der Waals surface area contributed by atoms with Gasteiger partial charge in [0.25, 0.3) is 0 Å². The lowest BCUT2D eigenvalue weighted by Gasteiger charge is -2.28. The van der Waals surface area contributed by atoms with Crippen LogP contribution in [0.15, 0.2) is 0 Å². The van der Waals surface area contributed by atoms with Gasteiger partial charge < -0.3 is 5.73 Å². The third kappa shape index (κ3) is 2.71. The number of aromatic nitrogens is 2. The fourth-order valence-electron chi connectivity index (χ4n) is 3.30. The first-order chi connectivity index (χ1) is 8.86. The van der Waals surface area contributed by atoms with E-state index in [4.69, 9.17) is 10.8 Å². The minimum absolute atomic E-state index is 0.0713. The van der Waals surface area contributed by atoms with Crippen molar-refractivity contribution in [1.29, 1.82) is 0 Å². The molecule has 0 amide bonds. The summed E-state index contributed by atoms with van der Waals surface area (Å²) >= 11 is 0. The molecule has 1 atom stereocenters. The second kappa shape index (κ2) is 5.28. The van der Waals surface area contributed by atoms with Crippen LogP contribution in [0.4, 0.5) is 0 Å². The minimum Gasteiger partial charge on any atom is -0.330 e. The maximum atomic E-state index is 5.81. The monoisotopic (exact) mass is 263 g/mol. The summed E-state index contributed by atoms with van der Waals surface area (Å²) in [5.74, 6) is 1.12. The molecule has 19 heavy (non-hydrogen) atoms. The van der Waals surface area contributed by atoms with Crippen LogP contribution in [0.25, 0.3) is 0 Å². The quantitative estimate of drug-likeness (QED) is 0.906. The van der Waals surface area contributed by atoms with Gasteiger partial charge in [0.2, 0.25) is 0 Å². The second-order valence-corrected chi connectivity index (χ2v) is 7.15. The normalized spacial score (nSPS) is 19.8. The van der Waals surface area contributed by atoms with Gasteiger partial charge in [0.15, 0.2) is 0 Å². The predicted molar refractivity (Wildman–Crippen MR) is 80.7 cm³/mol. The lowest BCUT2D eigenvalue weighted by molar-refractivity contribution is 0.335. The molecule has 0 aromatic carbocycles. The summed E-state index contributed by atoms with van der Waals surface area (Å²) in [5, 5.41) is 4.97. The van der Waals surface area contributed by atoms with Crippen LogP contribution in [0.5, 0.6) is 0 Å². The molecular weight excluding hydrogens is 234 g/mol. The molecule has 1 heterocycles. The molecule has 1 aliphatic carbocycles. The summed E-state index contributed by atoms with van der Waals surface area (Å²) in [6.07, 6.45) is 4.83. The van der Waals surface area contributed by atoms with E-state index in [9.17, 15) is 0 Å². The molecule has 0 aliphatic heterocycles. The van der Waals surface area contributed by atoms with E-state index in [1.54, 1.807) is 0 Å². The Labute approximate surface area is 117 Å². The zero-order chi connectivity index (χ0) is 14.2. The van der Waals surface area contributed by atoms with Gasteiger partial charge in [0.1, 0.15) is 0 Å². The van der Waals surface area contributed by atoms with E-state index < -0.39 is 0 Å². The van der Waals surface area contributed by atoms with Gasteiger partial charge in [-0.15, -0.1) is 0 Å². The lowest BCUT2D eigenvalue weighted by atomic mass is 9.81. The lowest BCUT2D eigenvalue weighted by Crippen LogP contribution is -2.27. The molecular formula is C16H29N3. The Hall–Kier alpha value is -0.830. The van der Waals surface area contributed by atoms with Crippen LogP contribution in [0.1, 0.15) is 82.7 Å². The van der Waals surface area contributed by atoms with Gasteiger partial charge in [-0.05, 0) is 70.4 Å². The Morgan fingerprint density at radius 3 is 2.58 bits per heavy atom. The van der Waals surface area contributed by atoms with Crippen LogP contribution >= 0.6 is 0 Å². The number of hydrogen-bond donors (Lipinski definition) is 1. The molecule has 1 aliphatic rings. The molecule has 3 heteroatoms. The molecule has 0 spiro atoms. The minimum atomic E-state index is 0.0713. The van der Waals surface area contributed by atoms with Crippen molar-refractivity contribution in [3.63, 3.8) is 0 Å². The van der Waals surface area contributed by atoms with Crippen LogP contribution in [0.2, 0.25) is 0 Å². The first-order valence-electron chi connectivity index (χ1n) is 7.68. The number of hydrogen-bond acceptors (Lipinski definition) is 2. The molecule has 1 unspecified atom stereocenters. The summed E-state index contributed by atoms with van der Waals surface area (Å²) in [6.45, 7) is 12.0. The van der Waals surface area contributed by atoms with E-state index in [2.05, 4.69) is 39.3 Å². The molecule has 1 aromatic rings. The van der Waals surface area contributed by atoms with Crippen LogP contribution < -0.4 is 5.73 Å². The van der Waals surface area contributed by atoms with E-state index in [1.807, 2.05) is 0 Å². The summed E-state index contributed by atoms with van der Waals surface area (Å²) in [7, 11) is 0. The standard InChI is InChI=1S/C16H29N3/c1-11(2)15-14-12(9-10-17)7-6-8-13(14)19(18-15)16(3,4)5/h11-12H,6-10,17H2,1-5H3. The predicted octanol–water partition coefficient (Wildman–Crippen LogP) is 3.53. The van der Waals surface area contributed by atoms with Gasteiger partial charge >= 0.3 is 0 Å². The summed E-state index contributed by atoms with van der Waals surface area (Å²) in [6, 6.07) is 0. The molecule has 0 bridgehead atoms. The van der Waals surface area contributed by atoms with Crippen molar-refractivity contribution in [1.82, 2.24) is 9.78 Å². The first kappa shape index (κ1) is 14.6. The van der Waals surface area contributed by atoms with Crippen molar-refractivity contribution in [2.45, 2.75) is 77.7 Å². The third-order valence-electron chi connectivity index (χ3n) is 4.12. The van der Waals surface area contributed by atoms with Crippen LogP contribution in [0.3, 0.4) is 0 Å². The number of rotatable bonds is 3. The summed E-state index contributed by atoms with van der Waals surface area (Å²) in [5.41, 5.74) is 10.2. The maximum Gasteiger partial charge on any atom is 0.0687 e. The summed E-state index contributed by atoms with van der Waals surface area (Å²) < 4.78 is 2.28. The van der Waals surface area contributed by atoms with Crippen molar-refractivity contribution in [2.75, 3.05) is 6.54 Å². The van der Waals surface area contributed by atoms with E-state index in [1.165, 1.54) is 36.2 Å². The molecule has 3 nitrogen and oxygen atoms in total. The highest BCUT2D eigenvalue weighted by Gasteiger charge is 2.32. The Morgan fingerprint density at radius 2 is 2.05 bits per heavy atom. The zero-order valence-electron chi connectivity index (χ0n) is 13.2. The van der Waals surface area contributed by atoms with Crippen molar-refractivity contribution in [3.05, 3.63) is 17.0 Å². The topological polar surface area (TPSA) is 43.8 Å². The average Bonchev–Trinajstić information content (AvgIpc) is 2.69. The van der Waals surface area contributed by atoms with Crippen molar-refractivity contribution < 1.29 is 0 Å². The third-order valence-corrected chi connectivity index (χ3v) is 4.12. The highest BCUT2D eigenvalue weighted by atomic mass is 15.3. The summed E-state index contributed by atoms with van der Waals surface area (Å²) in [4.78, 5) is 0. The van der Waals surface area contributed by atoms with E-state index >= 15 is 0 Å². The van der Waals surface area contributed by atoms with E-state index in [-0.39, 0.29) is 5.54 Å². The highest BCUT2D eigenvalue weighted by Crippen LogP contribution is 2.40. The Kier molecular flexibility index (Phi) is 4.05. The molecule has 108 valence electrons. The van der Waals surface area contributed by atoms with E-state index in [0.29, 0.717) is 11.8 Å². The fourth-order valence-corrected chi connectivity index (χ4v) is 3.30. The van der Waals surface area contributed by atoms with Crippen LogP contribution in [0, 0.1) is 0 Å². The van der Waals surface area contributed by atoms with Gasteiger partial charge in [0, 0.05) is 5.69 Å². The number of nitrogens with zero attached hydrogens (tertiary/aromatic N) is 2. The first-order valence-corrected chi connectivity index (χ1v) is 7.68. The largest absolute Gasteiger partial charge is 0.330 e. The van der Waals surface area contributed by atoms with Gasteiger partial charge in [-0.2, -0.15) is 5.10 Å². The van der Waals surface area contributed by atoms with Gasteiger partial charge in [0.05, 0.1) is 11.2 Å². The van der Waals surface area contributed by atoms with Crippen molar-refractivity contribution >= 4 is 0 Å². The fraction of sp³-hybridized carbons (Fsp3) is 0.812. The van der Waals surface area contributed by atoms with Gasteiger partial charge in [-0.3, -0.25) is 4.68 Å². The second-order valence-electron chi connectivity index (χ2n) is 7.15. The smallest absolute Gasteiger partial charge is 0.0687 e. The van der Waals surface area contributed by atoms with E-state index in [0.717, 1.165) is 13.0 Å². The van der Waals surface area contributed by atoms with Gasteiger partial charge in [-0.1, -0.05) is 13.8 Å².